The molecule has 4 N–H and O–H groups in total. The van der Waals surface area contributed by atoms with Crippen LogP contribution in [0, 0.1) is 6.92 Å². The van der Waals surface area contributed by atoms with Crippen LogP contribution < -0.4 is 11.2 Å². The maximum atomic E-state index is 11.9. The van der Waals surface area contributed by atoms with Gasteiger partial charge in [-0.1, -0.05) is 0 Å². The van der Waals surface area contributed by atoms with Gasteiger partial charge in [0.1, 0.15) is 24.0 Å². The molecule has 3 rings (SSSR count). The van der Waals surface area contributed by atoms with Crippen LogP contribution in [-0.4, -0.2) is 48.7 Å². The Kier molecular flexibility index (Phi) is 4.26. The van der Waals surface area contributed by atoms with Crippen molar-refractivity contribution < 1.29 is 37.6 Å². The monoisotopic (exact) mass is 398 g/mol. The molecular formula is C11H16N2O10P2. The minimum atomic E-state index is -4.88. The molecule has 0 aromatic carbocycles. The summed E-state index contributed by atoms with van der Waals surface area (Å²) in [6, 6.07) is 0. The number of aryl methyl sites for hydroxylation is 1. The zero-order valence-electron chi connectivity index (χ0n) is 13.1. The fourth-order valence-electron chi connectivity index (χ4n) is 2.97. The molecule has 14 heteroatoms. The van der Waals surface area contributed by atoms with Crippen LogP contribution in [0.4, 0.5) is 0 Å². The number of aromatic amines is 1. The van der Waals surface area contributed by atoms with Crippen molar-refractivity contribution in [1.29, 1.82) is 0 Å². The van der Waals surface area contributed by atoms with Crippen molar-refractivity contribution in [3.05, 3.63) is 32.6 Å². The average molecular weight is 398 g/mol. The predicted molar refractivity (Wildman–Crippen MR) is 81.1 cm³/mol. The van der Waals surface area contributed by atoms with Crippen molar-refractivity contribution in [2.45, 2.75) is 37.4 Å². The van der Waals surface area contributed by atoms with Crippen LogP contribution in [0.1, 0.15) is 18.2 Å². The molecule has 5 atom stereocenters. The van der Waals surface area contributed by atoms with Crippen LogP contribution in [0.5, 0.6) is 0 Å². The number of phosphoric ester groups is 1. The lowest BCUT2D eigenvalue weighted by Gasteiger charge is -2.22. The fourth-order valence-corrected chi connectivity index (χ4v) is 4.47. The van der Waals surface area contributed by atoms with Crippen molar-refractivity contribution in [1.82, 2.24) is 9.55 Å². The van der Waals surface area contributed by atoms with Crippen molar-refractivity contribution in [3.8, 4) is 0 Å². The Balaban J connectivity index is 1.90. The fraction of sp³-hybridized carbons (Fsp3) is 0.636. The van der Waals surface area contributed by atoms with E-state index in [0.717, 1.165) is 11.2 Å². The van der Waals surface area contributed by atoms with Crippen LogP contribution in [0.15, 0.2) is 15.8 Å². The SMILES string of the molecule is Cc1cn([C@H]2C[C@@]3(OP(C)(=O)O)C(OP(=O)(O)O)[C@H]3O2)c(=O)[nH]c1=O. The van der Waals surface area contributed by atoms with E-state index in [1.54, 1.807) is 0 Å². The first-order valence-corrected chi connectivity index (χ1v) is 10.6. The summed E-state index contributed by atoms with van der Waals surface area (Å²) in [5.41, 5.74) is -2.65. The van der Waals surface area contributed by atoms with Crippen LogP contribution in [0.25, 0.3) is 0 Å². The first-order valence-electron chi connectivity index (χ1n) is 7.05. The van der Waals surface area contributed by atoms with Gasteiger partial charge in [0.15, 0.2) is 0 Å². The molecule has 1 saturated carbocycles. The van der Waals surface area contributed by atoms with Gasteiger partial charge in [-0.15, -0.1) is 0 Å². The summed E-state index contributed by atoms with van der Waals surface area (Å²) in [7, 11) is -8.93. The number of ether oxygens (including phenoxy) is 1. The highest BCUT2D eigenvalue weighted by atomic mass is 31.2. The molecule has 2 unspecified atom stereocenters. The number of fused-ring (bicyclic) bond motifs is 1. The van der Waals surface area contributed by atoms with E-state index in [4.69, 9.17) is 19.0 Å². The molecule has 0 amide bonds. The zero-order valence-corrected chi connectivity index (χ0v) is 14.8. The van der Waals surface area contributed by atoms with Crippen molar-refractivity contribution in [2.75, 3.05) is 6.66 Å². The number of nitrogens with zero attached hydrogens (tertiary/aromatic N) is 1. The van der Waals surface area contributed by atoms with E-state index in [9.17, 15) is 23.6 Å². The van der Waals surface area contributed by atoms with Crippen molar-refractivity contribution in [2.24, 2.45) is 0 Å². The standard InChI is InChI=1S/C11H16N2O10P2/c1-5-4-13(10(15)12-9(5)14)6-3-11(23-24(2,16)17)7(21-6)8(11)22-25(18,19)20/h4,6-8H,3H2,1-2H3,(H,16,17)(H,12,14,15)(H2,18,19,20)/t6-,7-,8?,11+/m1/s1. The Morgan fingerprint density at radius 2 is 2.00 bits per heavy atom. The van der Waals surface area contributed by atoms with Crippen molar-refractivity contribution >= 4 is 15.4 Å². The second-order valence-electron chi connectivity index (χ2n) is 6.06. The molecule has 1 saturated heterocycles. The van der Waals surface area contributed by atoms with Gasteiger partial charge in [-0.3, -0.25) is 28.0 Å². The Labute approximate surface area is 140 Å². The Hall–Kier alpha value is -1.10. The van der Waals surface area contributed by atoms with E-state index >= 15 is 0 Å². The number of phosphoric acid groups is 1. The molecule has 2 aliphatic rings. The molecule has 0 radical (unpaired) electrons. The molecule has 2 heterocycles. The van der Waals surface area contributed by atoms with Gasteiger partial charge in [0, 0.05) is 24.8 Å². The third-order valence-corrected chi connectivity index (χ3v) is 5.15. The third-order valence-electron chi connectivity index (χ3n) is 3.97. The van der Waals surface area contributed by atoms with Gasteiger partial charge in [-0.25, -0.2) is 9.36 Å². The molecule has 1 aliphatic heterocycles. The highest BCUT2D eigenvalue weighted by Crippen LogP contribution is 2.65. The molecular weight excluding hydrogens is 382 g/mol. The molecule has 1 aromatic heterocycles. The summed E-state index contributed by atoms with van der Waals surface area (Å²) >= 11 is 0. The smallest absolute Gasteiger partial charge is 0.349 e. The number of aromatic nitrogens is 2. The number of hydrogen-bond acceptors (Lipinski definition) is 7. The number of nitrogens with one attached hydrogen (secondary N) is 1. The maximum Gasteiger partial charge on any atom is 0.470 e. The largest absolute Gasteiger partial charge is 0.470 e. The van der Waals surface area contributed by atoms with Crippen molar-refractivity contribution in [3.63, 3.8) is 0 Å². The lowest BCUT2D eigenvalue weighted by atomic mass is 10.2. The van der Waals surface area contributed by atoms with E-state index in [2.05, 4.69) is 9.51 Å². The van der Waals surface area contributed by atoms with Gasteiger partial charge < -0.3 is 19.4 Å². The molecule has 1 aliphatic carbocycles. The first-order chi connectivity index (χ1) is 11.3. The van der Waals surface area contributed by atoms with E-state index in [0.29, 0.717) is 0 Å². The molecule has 140 valence electrons. The summed E-state index contributed by atoms with van der Waals surface area (Å²) in [5, 5.41) is 0. The number of hydrogen-bond donors (Lipinski definition) is 4. The molecule has 0 bridgehead atoms. The lowest BCUT2D eigenvalue weighted by molar-refractivity contribution is -0.0154. The Morgan fingerprint density at radius 1 is 1.36 bits per heavy atom. The molecule has 2 fully saturated rings. The minimum Gasteiger partial charge on any atom is -0.349 e. The van der Waals surface area contributed by atoms with Crippen LogP contribution in [-0.2, 0) is 22.9 Å². The van der Waals surface area contributed by atoms with E-state index in [1.807, 2.05) is 0 Å². The number of H-pyrrole nitrogens is 1. The third kappa shape index (κ3) is 3.57. The van der Waals surface area contributed by atoms with Crippen LogP contribution in [0.3, 0.4) is 0 Å². The Morgan fingerprint density at radius 3 is 2.56 bits per heavy atom. The second kappa shape index (κ2) is 5.70. The quantitative estimate of drug-likeness (QED) is 0.459. The van der Waals surface area contributed by atoms with Gasteiger partial charge in [-0.2, -0.15) is 0 Å². The summed E-state index contributed by atoms with van der Waals surface area (Å²) in [6.45, 7) is 2.39. The zero-order chi connectivity index (χ0) is 18.8. The molecule has 12 nitrogen and oxygen atoms in total. The first kappa shape index (κ1) is 18.7. The summed E-state index contributed by atoms with van der Waals surface area (Å²) in [6.07, 6.45) is -2.19. The highest BCUT2D eigenvalue weighted by molar-refractivity contribution is 7.52. The van der Waals surface area contributed by atoms with E-state index in [1.165, 1.54) is 13.1 Å². The molecule has 1 aromatic rings. The van der Waals surface area contributed by atoms with Gasteiger partial charge >= 0.3 is 21.1 Å². The Bertz CT molecular complexity index is 912. The second-order valence-corrected chi connectivity index (χ2v) is 9.04. The van der Waals surface area contributed by atoms with Crippen LogP contribution in [0.2, 0.25) is 0 Å². The predicted octanol–water partition coefficient (Wildman–Crippen LogP) is -0.805. The summed E-state index contributed by atoms with van der Waals surface area (Å²) in [4.78, 5) is 52.8. The average Bonchev–Trinajstić information content (AvgIpc) is 2.78. The lowest BCUT2D eigenvalue weighted by Crippen LogP contribution is -2.35. The van der Waals surface area contributed by atoms with E-state index < -0.39 is 50.7 Å². The van der Waals surface area contributed by atoms with Gasteiger partial charge in [0.25, 0.3) is 5.56 Å². The summed E-state index contributed by atoms with van der Waals surface area (Å²) < 4.78 is 38.9. The van der Waals surface area contributed by atoms with Gasteiger partial charge in [0.2, 0.25) is 0 Å². The normalized spacial score (nSPS) is 33.7. The number of rotatable bonds is 5. The van der Waals surface area contributed by atoms with Crippen LogP contribution >= 0.6 is 15.4 Å². The molecule has 0 spiro atoms. The maximum absolute atomic E-state index is 11.9. The van der Waals surface area contributed by atoms with E-state index in [-0.39, 0.29) is 12.0 Å². The van der Waals surface area contributed by atoms with Gasteiger partial charge in [-0.05, 0) is 6.92 Å². The topological polar surface area (TPSA) is 177 Å². The minimum absolute atomic E-state index is 0.174. The van der Waals surface area contributed by atoms with Gasteiger partial charge in [0.05, 0.1) is 0 Å². The molecule has 25 heavy (non-hydrogen) atoms. The summed E-state index contributed by atoms with van der Waals surface area (Å²) in [5.74, 6) is 0. The highest BCUT2D eigenvalue weighted by Gasteiger charge is 2.77.